The third kappa shape index (κ3) is 1.27. The van der Waals surface area contributed by atoms with Gasteiger partial charge in [-0.05, 0) is 13.0 Å². The maximum Gasteiger partial charge on any atom is 0.552 e. The standard InChI is InChI=1S/C3H7NO.Al.H/c4-2-1-3-5;;/h4H,1-3H2;;/q-2;+2;. The minimum absolute atomic E-state index is 0.242. The lowest BCUT2D eigenvalue weighted by Crippen LogP contribution is -2.29. The first-order valence-corrected chi connectivity index (χ1v) is 3.57. The van der Waals surface area contributed by atoms with Gasteiger partial charge in [-0.15, -0.1) is 0 Å². The molecule has 1 aliphatic rings. The Morgan fingerprint density at radius 1 is 1.67 bits per heavy atom. The second-order valence-electron chi connectivity index (χ2n) is 1.41. The lowest BCUT2D eigenvalue weighted by molar-refractivity contribution is 0.298. The Kier molecular flexibility index (Phi) is 1.99. The first kappa shape index (κ1) is 4.61. The molecule has 1 aliphatic heterocycles. The van der Waals surface area contributed by atoms with Crippen molar-refractivity contribution >= 4 is 15.8 Å². The molecule has 0 aromatic heterocycles. The Morgan fingerprint density at radius 3 is 2.83 bits per heavy atom. The highest BCUT2D eigenvalue weighted by molar-refractivity contribution is 6.23. The molecule has 1 saturated heterocycles. The van der Waals surface area contributed by atoms with E-state index < -0.39 is 0 Å². The van der Waals surface area contributed by atoms with E-state index in [4.69, 9.17) is 3.79 Å². The summed E-state index contributed by atoms with van der Waals surface area (Å²) in [6.07, 6.45) is 1.20. The van der Waals surface area contributed by atoms with Crippen LogP contribution in [0.5, 0.6) is 0 Å². The molecule has 0 saturated carbocycles. The van der Waals surface area contributed by atoms with Gasteiger partial charge < -0.3 is 8.09 Å². The van der Waals surface area contributed by atoms with E-state index in [1.54, 1.807) is 0 Å². The SMILES string of the molecule is C1C[NH][AlH][O]C1. The van der Waals surface area contributed by atoms with Gasteiger partial charge in [0.05, 0.1) is 0 Å². The van der Waals surface area contributed by atoms with Crippen molar-refractivity contribution in [2.75, 3.05) is 13.2 Å². The number of rotatable bonds is 0. The van der Waals surface area contributed by atoms with Crippen molar-refractivity contribution in [3.63, 3.8) is 0 Å². The summed E-state index contributed by atoms with van der Waals surface area (Å²) < 4.78 is 8.30. The van der Waals surface area contributed by atoms with Crippen molar-refractivity contribution in [1.82, 2.24) is 4.30 Å². The Bertz CT molecular complexity index is 26.3. The molecular formula is C3H8AlNO. The molecule has 0 amide bonds. The van der Waals surface area contributed by atoms with Gasteiger partial charge in [0.15, 0.2) is 0 Å². The van der Waals surface area contributed by atoms with Gasteiger partial charge in [-0.1, -0.05) is 0 Å². The smallest absolute Gasteiger partial charge is 0.491 e. The number of hydrogen-bond acceptors (Lipinski definition) is 2. The van der Waals surface area contributed by atoms with Gasteiger partial charge >= 0.3 is 15.8 Å². The minimum Gasteiger partial charge on any atom is -0.491 e. The molecule has 3 heteroatoms. The average Bonchev–Trinajstić information content (AvgIpc) is 1.72. The van der Waals surface area contributed by atoms with Gasteiger partial charge in [-0.25, -0.2) is 0 Å². The Balaban J connectivity index is 2.00. The molecule has 0 spiro atoms. The largest absolute Gasteiger partial charge is 0.552 e. The van der Waals surface area contributed by atoms with Crippen molar-refractivity contribution in [1.29, 1.82) is 0 Å². The molecule has 1 rings (SSSR count). The second-order valence-corrected chi connectivity index (χ2v) is 2.60. The van der Waals surface area contributed by atoms with E-state index in [2.05, 4.69) is 4.30 Å². The summed E-state index contributed by atoms with van der Waals surface area (Å²) in [5.74, 6) is 0. The molecule has 0 aromatic carbocycles. The third-order valence-corrected chi connectivity index (χ3v) is 1.90. The fraction of sp³-hybridized carbons (Fsp3) is 1.00. The third-order valence-electron chi connectivity index (χ3n) is 0.846. The van der Waals surface area contributed by atoms with Crippen LogP contribution in [0.1, 0.15) is 6.42 Å². The number of nitrogens with one attached hydrogen (secondary N) is 1. The van der Waals surface area contributed by atoms with Crippen LogP contribution in [0, 0.1) is 0 Å². The van der Waals surface area contributed by atoms with Crippen LogP contribution in [0.25, 0.3) is 0 Å². The first-order valence-electron chi connectivity index (χ1n) is 2.28. The lowest BCUT2D eigenvalue weighted by Gasteiger charge is -2.09. The van der Waals surface area contributed by atoms with E-state index >= 15 is 0 Å². The van der Waals surface area contributed by atoms with Gasteiger partial charge in [0.1, 0.15) is 0 Å². The normalized spacial score (nSPS) is 22.7. The summed E-state index contributed by atoms with van der Waals surface area (Å²) in [6, 6.07) is 0. The van der Waals surface area contributed by atoms with Crippen molar-refractivity contribution in [3.8, 4) is 0 Å². The van der Waals surface area contributed by atoms with Gasteiger partial charge in [0.2, 0.25) is 0 Å². The molecule has 34 valence electrons. The first-order chi connectivity index (χ1) is 3.00. The average molecular weight is 101 g/mol. The van der Waals surface area contributed by atoms with Crippen LogP contribution in [0.2, 0.25) is 0 Å². The van der Waals surface area contributed by atoms with Crippen molar-refractivity contribution in [2.45, 2.75) is 6.42 Å². The van der Waals surface area contributed by atoms with Crippen LogP contribution in [-0.2, 0) is 3.79 Å². The van der Waals surface area contributed by atoms with Crippen LogP contribution in [0.3, 0.4) is 0 Å². The van der Waals surface area contributed by atoms with Gasteiger partial charge in [-0.3, -0.25) is 0 Å². The summed E-state index contributed by atoms with van der Waals surface area (Å²) in [5, 5.41) is 0. The maximum atomic E-state index is 5.10. The molecular weight excluding hydrogens is 93.0 g/mol. The van der Waals surface area contributed by atoms with Gasteiger partial charge in [0.25, 0.3) is 0 Å². The highest BCUT2D eigenvalue weighted by Crippen LogP contribution is 1.81. The fourth-order valence-electron chi connectivity index (χ4n) is 0.516. The van der Waals surface area contributed by atoms with Crippen molar-refractivity contribution in [2.24, 2.45) is 0 Å². The molecule has 0 bridgehead atoms. The lowest BCUT2D eigenvalue weighted by atomic mass is 10.5. The minimum atomic E-state index is -0.242. The summed E-state index contributed by atoms with van der Waals surface area (Å²) >= 11 is -0.242. The van der Waals surface area contributed by atoms with E-state index in [1.165, 1.54) is 13.0 Å². The van der Waals surface area contributed by atoms with E-state index in [-0.39, 0.29) is 15.8 Å². The predicted molar refractivity (Wildman–Crippen MR) is 25.7 cm³/mol. The molecule has 0 atom stereocenters. The summed E-state index contributed by atoms with van der Waals surface area (Å²) in [4.78, 5) is 0. The molecule has 1 N–H and O–H groups in total. The van der Waals surface area contributed by atoms with E-state index in [9.17, 15) is 0 Å². The van der Waals surface area contributed by atoms with Gasteiger partial charge in [-0.2, -0.15) is 0 Å². The zero-order chi connectivity index (χ0) is 4.24. The summed E-state index contributed by atoms with van der Waals surface area (Å²) in [7, 11) is 0. The molecule has 0 radical (unpaired) electrons. The Labute approximate surface area is 44.1 Å². The molecule has 0 aliphatic carbocycles. The van der Waals surface area contributed by atoms with Gasteiger partial charge in [0, 0.05) is 6.61 Å². The Morgan fingerprint density at radius 2 is 2.67 bits per heavy atom. The van der Waals surface area contributed by atoms with E-state index in [0.717, 1.165) is 6.61 Å². The monoisotopic (exact) mass is 101 g/mol. The molecule has 2 nitrogen and oxygen atoms in total. The quantitative estimate of drug-likeness (QED) is 0.406. The van der Waals surface area contributed by atoms with Crippen LogP contribution in [0.15, 0.2) is 0 Å². The molecule has 0 unspecified atom stereocenters. The molecule has 6 heavy (non-hydrogen) atoms. The Hall–Kier alpha value is 0.452. The molecule has 1 fully saturated rings. The van der Waals surface area contributed by atoms with Crippen molar-refractivity contribution < 1.29 is 3.79 Å². The van der Waals surface area contributed by atoms with Crippen molar-refractivity contribution in [3.05, 3.63) is 0 Å². The van der Waals surface area contributed by atoms with Crippen LogP contribution in [0.4, 0.5) is 0 Å². The van der Waals surface area contributed by atoms with E-state index in [0.29, 0.717) is 0 Å². The van der Waals surface area contributed by atoms with Crippen LogP contribution < -0.4 is 4.30 Å². The maximum absolute atomic E-state index is 5.10. The zero-order valence-corrected chi connectivity index (χ0v) is 5.15. The summed E-state index contributed by atoms with van der Waals surface area (Å²) in [6.45, 7) is 2.19. The predicted octanol–water partition coefficient (Wildman–Crippen LogP) is -0.737. The highest BCUT2D eigenvalue weighted by Gasteiger charge is 1.98. The summed E-state index contributed by atoms with van der Waals surface area (Å²) in [5.41, 5.74) is 0. The zero-order valence-electron chi connectivity index (χ0n) is 3.74. The van der Waals surface area contributed by atoms with Crippen LogP contribution >= 0.6 is 0 Å². The highest BCUT2D eigenvalue weighted by atomic mass is 27.1. The molecule has 0 aromatic rings. The fourth-order valence-corrected chi connectivity index (χ4v) is 1.40. The molecule has 1 heterocycles. The van der Waals surface area contributed by atoms with E-state index in [1.807, 2.05) is 0 Å². The topological polar surface area (TPSA) is 21.3 Å². The second kappa shape index (κ2) is 2.60. The number of hydrogen-bond donors (Lipinski definition) is 1. The van der Waals surface area contributed by atoms with Crippen LogP contribution in [-0.4, -0.2) is 28.9 Å².